The minimum Gasteiger partial charge on any atom is -0.507 e. The summed E-state index contributed by atoms with van der Waals surface area (Å²) in [6.45, 7) is 3.36. The van der Waals surface area contributed by atoms with Gasteiger partial charge in [0.25, 0.3) is 0 Å². The number of benzene rings is 1. The number of aromatic hydroxyl groups is 2. The Morgan fingerprint density at radius 3 is 2.29 bits per heavy atom. The molecule has 1 fully saturated rings. The lowest BCUT2D eigenvalue weighted by Crippen LogP contribution is -2.72. The van der Waals surface area contributed by atoms with E-state index in [0.29, 0.717) is 0 Å². The van der Waals surface area contributed by atoms with Crippen molar-refractivity contribution < 1.29 is 48.4 Å². The van der Waals surface area contributed by atoms with Crippen LogP contribution < -0.4 is 4.74 Å². The van der Waals surface area contributed by atoms with Crippen LogP contribution in [0.15, 0.2) is 22.5 Å². The summed E-state index contributed by atoms with van der Waals surface area (Å²) in [6, 6.07) is -3.24. The molecule has 1 aliphatic carbocycles. The second-order valence-corrected chi connectivity index (χ2v) is 10.7. The van der Waals surface area contributed by atoms with Crippen LogP contribution in [0.25, 0.3) is 0 Å². The molecule has 13 heteroatoms. The fourth-order valence-corrected chi connectivity index (χ4v) is 6.95. The van der Waals surface area contributed by atoms with Gasteiger partial charge in [-0.1, -0.05) is 0 Å². The van der Waals surface area contributed by atoms with Gasteiger partial charge in [-0.25, -0.2) is 4.79 Å². The minimum atomic E-state index is -1.25. The molecule has 5 unspecified atom stereocenters. The zero-order valence-electron chi connectivity index (χ0n) is 23.8. The zero-order chi connectivity index (χ0) is 30.9. The van der Waals surface area contributed by atoms with E-state index in [0.717, 1.165) is 6.92 Å². The predicted octanol–water partition coefficient (Wildman–Crippen LogP) is 0.802. The molecule has 0 saturated carbocycles. The van der Waals surface area contributed by atoms with Crippen LogP contribution in [0.3, 0.4) is 0 Å². The quantitative estimate of drug-likeness (QED) is 0.216. The number of ether oxygens (including phenoxy) is 3. The number of Topliss-reactive ketones (excluding diaryl/α,β-unsaturated/α-hetero) is 4. The fraction of sp³-hybridized carbons (Fsp3) is 0.448. The Bertz CT molecular complexity index is 1600. The summed E-state index contributed by atoms with van der Waals surface area (Å²) in [5.74, 6) is -4.87. The molecule has 0 aromatic heterocycles. The highest BCUT2D eigenvalue weighted by Gasteiger charge is 2.61. The molecule has 2 bridgehead atoms. The molecule has 1 aromatic rings. The Labute approximate surface area is 240 Å². The monoisotopic (exact) mass is 579 g/mol. The average molecular weight is 580 g/mol. The van der Waals surface area contributed by atoms with Crippen LogP contribution in [-0.2, 0) is 28.7 Å². The molecule has 0 amide bonds. The van der Waals surface area contributed by atoms with Crippen LogP contribution in [0.5, 0.6) is 17.2 Å². The largest absolute Gasteiger partial charge is 0.507 e. The average Bonchev–Trinajstić information content (AvgIpc) is 2.95. The summed E-state index contributed by atoms with van der Waals surface area (Å²) in [5, 5.41) is 32.9. The summed E-state index contributed by atoms with van der Waals surface area (Å²) < 4.78 is 15.9. The number of nitrogens with zero attached hydrogens (tertiary/aromatic N) is 3. The Hall–Kier alpha value is -4.54. The number of esters is 1. The maximum absolute atomic E-state index is 14.0. The van der Waals surface area contributed by atoms with E-state index in [9.17, 15) is 39.4 Å². The molecule has 13 nitrogen and oxygen atoms in total. The van der Waals surface area contributed by atoms with Crippen LogP contribution in [0, 0.1) is 18.3 Å². The molecule has 3 aliphatic heterocycles. The lowest BCUT2D eigenvalue weighted by Gasteiger charge is -2.59. The molecule has 220 valence electrons. The van der Waals surface area contributed by atoms with Crippen LogP contribution >= 0.6 is 0 Å². The van der Waals surface area contributed by atoms with Gasteiger partial charge in [0.2, 0.25) is 11.6 Å². The number of nitriles is 1. The summed E-state index contributed by atoms with van der Waals surface area (Å²) >= 11 is 0. The number of phenols is 2. The minimum absolute atomic E-state index is 0.0463. The smallest absolute Gasteiger partial charge is 0.374 e. The summed E-state index contributed by atoms with van der Waals surface area (Å²) in [6.07, 6.45) is -0.0880. The van der Waals surface area contributed by atoms with Gasteiger partial charge in [-0.05, 0) is 27.3 Å². The first-order valence-electron chi connectivity index (χ1n) is 13.1. The third-order valence-corrected chi connectivity index (χ3v) is 8.77. The van der Waals surface area contributed by atoms with Gasteiger partial charge < -0.3 is 24.4 Å². The Balaban J connectivity index is 1.79. The molecule has 0 spiro atoms. The van der Waals surface area contributed by atoms with E-state index >= 15 is 0 Å². The number of carbonyl (C=O) groups excluding carboxylic acids is 5. The number of piperazine rings is 1. The van der Waals surface area contributed by atoms with Crippen molar-refractivity contribution in [1.82, 2.24) is 9.80 Å². The molecule has 4 aliphatic rings. The first-order chi connectivity index (χ1) is 19.8. The van der Waals surface area contributed by atoms with Crippen molar-refractivity contribution in [3.05, 3.63) is 39.2 Å². The second-order valence-electron chi connectivity index (χ2n) is 10.7. The van der Waals surface area contributed by atoms with Crippen molar-refractivity contribution >= 4 is 29.1 Å². The number of methoxy groups -OCH3 is 2. The Kier molecular flexibility index (Phi) is 6.95. The highest BCUT2D eigenvalue weighted by atomic mass is 16.5. The van der Waals surface area contributed by atoms with Crippen LogP contribution in [0.2, 0.25) is 0 Å². The van der Waals surface area contributed by atoms with Crippen molar-refractivity contribution in [2.45, 2.75) is 57.4 Å². The predicted molar refractivity (Wildman–Crippen MR) is 142 cm³/mol. The maximum atomic E-state index is 14.0. The number of carbonyl (C=O) groups is 5. The maximum Gasteiger partial charge on any atom is 0.374 e. The first-order valence-corrected chi connectivity index (χ1v) is 13.1. The third-order valence-electron chi connectivity index (χ3n) is 8.77. The molecule has 42 heavy (non-hydrogen) atoms. The van der Waals surface area contributed by atoms with E-state index in [-0.39, 0.29) is 57.1 Å². The number of rotatable bonds is 5. The topological polar surface area (TPSA) is 184 Å². The van der Waals surface area contributed by atoms with Gasteiger partial charge in [0.1, 0.15) is 24.4 Å². The van der Waals surface area contributed by atoms with Crippen molar-refractivity contribution in [3.8, 4) is 23.3 Å². The van der Waals surface area contributed by atoms with E-state index in [1.54, 1.807) is 16.8 Å². The molecule has 1 saturated heterocycles. The lowest BCUT2D eigenvalue weighted by atomic mass is 9.69. The van der Waals surface area contributed by atoms with Gasteiger partial charge in [0, 0.05) is 40.8 Å². The highest BCUT2D eigenvalue weighted by Crippen LogP contribution is 2.56. The number of fused-ring (bicyclic) bond motifs is 6. The Morgan fingerprint density at radius 2 is 1.71 bits per heavy atom. The Morgan fingerprint density at radius 1 is 1.05 bits per heavy atom. The SMILES string of the molecule is COC1=C(C)C(=O)C2=C(C1=O)C(COC(=O)C(C)=O)N1C(C#N)C3C(=O)c4c(O)c(C)c(OC)c(O)c4C(C1C2)N3C. The summed E-state index contributed by atoms with van der Waals surface area (Å²) in [7, 11) is 4.14. The normalized spacial score (nSPS) is 27.2. The van der Waals surface area contributed by atoms with E-state index in [1.807, 2.05) is 0 Å². The number of likely N-dealkylation sites (N-methyl/N-ethyl adjacent to an activating group) is 1. The van der Waals surface area contributed by atoms with E-state index in [2.05, 4.69) is 6.07 Å². The van der Waals surface area contributed by atoms with E-state index < -0.39 is 71.7 Å². The number of phenolic OH excluding ortho intramolecular Hbond substituents is 2. The van der Waals surface area contributed by atoms with Crippen molar-refractivity contribution in [2.24, 2.45) is 0 Å². The third kappa shape index (κ3) is 3.72. The molecule has 3 heterocycles. The molecular weight excluding hydrogens is 550 g/mol. The standard InChI is InChI=1S/C29H29N3O10/c1-10-22(34)13-7-14-20-18-19(23(35)11(2)28(41-6)26(18)38)24(36)21(31(20)4)15(8-30)32(14)16(9-42-29(39)12(3)33)17(13)25(37)27(10)40-5/h14-16,20-21,35,38H,7,9H2,1-6H3. The van der Waals surface area contributed by atoms with Crippen molar-refractivity contribution in [1.29, 1.82) is 5.26 Å². The molecule has 5 rings (SSSR count). The summed E-state index contributed by atoms with van der Waals surface area (Å²) in [5.41, 5.74) is 0.158. The zero-order valence-corrected chi connectivity index (χ0v) is 23.8. The summed E-state index contributed by atoms with van der Waals surface area (Å²) in [4.78, 5) is 68.4. The van der Waals surface area contributed by atoms with Gasteiger partial charge in [0.15, 0.2) is 28.8 Å². The van der Waals surface area contributed by atoms with Gasteiger partial charge in [-0.2, -0.15) is 5.26 Å². The molecule has 5 atom stereocenters. The van der Waals surface area contributed by atoms with Crippen LogP contribution in [-0.4, -0.2) is 101 Å². The number of hydrogen-bond donors (Lipinski definition) is 2. The number of hydrogen-bond acceptors (Lipinski definition) is 13. The van der Waals surface area contributed by atoms with Crippen molar-refractivity contribution in [2.75, 3.05) is 27.9 Å². The van der Waals surface area contributed by atoms with Gasteiger partial charge in [0.05, 0.1) is 37.9 Å². The first kappa shape index (κ1) is 29.0. The van der Waals surface area contributed by atoms with E-state index in [1.165, 1.54) is 28.1 Å². The second kappa shape index (κ2) is 10.1. The van der Waals surface area contributed by atoms with Crippen LogP contribution in [0.1, 0.15) is 47.8 Å². The lowest BCUT2D eigenvalue weighted by molar-refractivity contribution is -0.155. The fourth-order valence-electron chi connectivity index (χ4n) is 6.95. The van der Waals surface area contributed by atoms with Crippen LogP contribution in [0.4, 0.5) is 0 Å². The number of allylic oxidation sites excluding steroid dienone is 2. The molecule has 1 aromatic carbocycles. The molecular formula is C29H29N3O10. The highest BCUT2D eigenvalue weighted by molar-refractivity contribution is 6.32. The van der Waals surface area contributed by atoms with Gasteiger partial charge >= 0.3 is 5.97 Å². The molecule has 2 N–H and O–H groups in total. The van der Waals surface area contributed by atoms with Gasteiger partial charge in [-0.15, -0.1) is 0 Å². The van der Waals surface area contributed by atoms with E-state index in [4.69, 9.17) is 14.2 Å². The van der Waals surface area contributed by atoms with Gasteiger partial charge in [-0.3, -0.25) is 29.0 Å². The van der Waals surface area contributed by atoms with Crippen molar-refractivity contribution in [3.63, 3.8) is 0 Å². The number of ketones is 4. The molecule has 0 radical (unpaired) electrons.